The summed E-state index contributed by atoms with van der Waals surface area (Å²) in [6.45, 7) is 1.64. The Morgan fingerprint density at radius 1 is 1.75 bits per heavy atom. The van der Waals surface area contributed by atoms with Gasteiger partial charge in [-0.15, -0.1) is 0 Å². The number of hydrogen-bond donors (Lipinski definition) is 2. The second-order valence-electron chi connectivity index (χ2n) is 2.91. The van der Waals surface area contributed by atoms with Gasteiger partial charge in [0, 0.05) is 0 Å². The number of rotatable bonds is 1. The molecule has 1 rings (SSSR count). The minimum Gasteiger partial charge on any atom is -0.479 e. The Hall–Kier alpha value is -1.10. The van der Waals surface area contributed by atoms with Gasteiger partial charge < -0.3 is 15.2 Å². The lowest BCUT2D eigenvalue weighted by atomic mass is 10.1. The highest BCUT2D eigenvalue weighted by Gasteiger charge is 2.36. The molecule has 0 aromatic heterocycles. The van der Waals surface area contributed by atoms with Gasteiger partial charge in [-0.1, -0.05) is 0 Å². The van der Waals surface area contributed by atoms with Gasteiger partial charge in [0.15, 0.2) is 5.60 Å². The first-order chi connectivity index (χ1) is 5.54. The first-order valence-corrected chi connectivity index (χ1v) is 3.69. The molecule has 0 aromatic rings. The van der Waals surface area contributed by atoms with Crippen LogP contribution in [0.25, 0.3) is 0 Å². The van der Waals surface area contributed by atoms with Gasteiger partial charge in [-0.25, -0.2) is 4.79 Å². The molecule has 5 heteroatoms. The number of hydrogen-bond acceptors (Lipinski definition) is 3. The van der Waals surface area contributed by atoms with E-state index in [0.29, 0.717) is 0 Å². The van der Waals surface area contributed by atoms with Crippen LogP contribution in [0.5, 0.6) is 0 Å². The summed E-state index contributed by atoms with van der Waals surface area (Å²) in [7, 11) is 0. The van der Waals surface area contributed by atoms with Crippen LogP contribution in [0.2, 0.25) is 0 Å². The molecule has 1 aliphatic rings. The van der Waals surface area contributed by atoms with Crippen LogP contribution in [-0.4, -0.2) is 35.7 Å². The van der Waals surface area contributed by atoms with E-state index in [1.54, 1.807) is 0 Å². The van der Waals surface area contributed by atoms with Gasteiger partial charge in [0.05, 0.1) is 19.6 Å². The lowest BCUT2D eigenvalue weighted by Gasteiger charge is -2.21. The van der Waals surface area contributed by atoms with Crippen LogP contribution < -0.4 is 5.32 Å². The molecule has 12 heavy (non-hydrogen) atoms. The Morgan fingerprint density at radius 2 is 2.42 bits per heavy atom. The highest BCUT2D eigenvalue weighted by molar-refractivity contribution is 5.81. The largest absolute Gasteiger partial charge is 0.479 e. The SMILES string of the molecule is C[C@@]1(C(=O)O)CNC(=O)CCO1. The van der Waals surface area contributed by atoms with Crippen molar-refractivity contribution in [2.24, 2.45) is 0 Å². The van der Waals surface area contributed by atoms with Crippen LogP contribution in [0, 0.1) is 0 Å². The molecule has 2 N–H and O–H groups in total. The molecule has 1 amide bonds. The van der Waals surface area contributed by atoms with Crippen molar-refractivity contribution < 1.29 is 19.4 Å². The van der Waals surface area contributed by atoms with Gasteiger partial charge in [-0.2, -0.15) is 0 Å². The quantitative estimate of drug-likeness (QED) is 0.553. The third-order valence-corrected chi connectivity index (χ3v) is 1.83. The summed E-state index contributed by atoms with van der Waals surface area (Å²) in [5, 5.41) is 11.2. The zero-order valence-corrected chi connectivity index (χ0v) is 6.79. The first kappa shape index (κ1) is 8.99. The van der Waals surface area contributed by atoms with E-state index < -0.39 is 11.6 Å². The summed E-state index contributed by atoms with van der Waals surface area (Å²) in [5.74, 6) is -1.22. The highest BCUT2D eigenvalue weighted by Crippen LogP contribution is 2.12. The molecule has 0 aromatic carbocycles. The maximum atomic E-state index is 10.8. The molecule has 0 spiro atoms. The molecule has 1 aliphatic heterocycles. The smallest absolute Gasteiger partial charge is 0.337 e. The van der Waals surface area contributed by atoms with Gasteiger partial charge in [0.2, 0.25) is 5.91 Å². The van der Waals surface area contributed by atoms with Crippen molar-refractivity contribution in [2.75, 3.05) is 13.2 Å². The molecule has 0 unspecified atom stereocenters. The number of aliphatic carboxylic acids is 1. The summed E-state index contributed by atoms with van der Waals surface area (Å²) in [5.41, 5.74) is -1.27. The topological polar surface area (TPSA) is 75.6 Å². The van der Waals surface area contributed by atoms with E-state index in [1.807, 2.05) is 0 Å². The predicted molar refractivity (Wildman–Crippen MR) is 39.6 cm³/mol. The number of carboxylic acids is 1. The van der Waals surface area contributed by atoms with Crippen LogP contribution in [0.1, 0.15) is 13.3 Å². The minimum atomic E-state index is -1.27. The number of ether oxygens (including phenoxy) is 1. The van der Waals surface area contributed by atoms with Crippen LogP contribution in [0.3, 0.4) is 0 Å². The average Bonchev–Trinajstić information content (AvgIpc) is 2.15. The molecule has 0 radical (unpaired) electrons. The Bertz CT molecular complexity index is 215. The molecule has 68 valence electrons. The van der Waals surface area contributed by atoms with Crippen molar-refractivity contribution in [3.8, 4) is 0 Å². The second kappa shape index (κ2) is 3.10. The van der Waals surface area contributed by atoms with Gasteiger partial charge in [-0.3, -0.25) is 4.79 Å². The van der Waals surface area contributed by atoms with E-state index in [9.17, 15) is 9.59 Å². The number of amides is 1. The van der Waals surface area contributed by atoms with Crippen molar-refractivity contribution in [2.45, 2.75) is 18.9 Å². The molecule has 5 nitrogen and oxygen atoms in total. The fourth-order valence-electron chi connectivity index (χ4n) is 0.913. The standard InChI is InChI=1S/C7H11NO4/c1-7(6(10)11)4-8-5(9)2-3-12-7/h2-4H2,1H3,(H,8,9)(H,10,11)/t7-/m0/s1. The monoisotopic (exact) mass is 173 g/mol. The van der Waals surface area contributed by atoms with E-state index >= 15 is 0 Å². The molecule has 1 atom stereocenters. The summed E-state index contributed by atoms with van der Waals surface area (Å²) in [4.78, 5) is 21.5. The van der Waals surface area contributed by atoms with Gasteiger partial charge >= 0.3 is 5.97 Å². The Morgan fingerprint density at radius 3 is 3.00 bits per heavy atom. The van der Waals surface area contributed by atoms with Crippen molar-refractivity contribution in [1.82, 2.24) is 5.32 Å². The maximum Gasteiger partial charge on any atom is 0.337 e. The fraction of sp³-hybridized carbons (Fsp3) is 0.714. The second-order valence-corrected chi connectivity index (χ2v) is 2.91. The van der Waals surface area contributed by atoms with E-state index in [2.05, 4.69) is 5.32 Å². The molecular formula is C7H11NO4. The van der Waals surface area contributed by atoms with E-state index in [0.717, 1.165) is 0 Å². The Kier molecular flexibility index (Phi) is 2.32. The lowest BCUT2D eigenvalue weighted by molar-refractivity contribution is -0.161. The van der Waals surface area contributed by atoms with Crippen LogP contribution in [0.15, 0.2) is 0 Å². The van der Waals surface area contributed by atoms with Gasteiger partial charge in [0.1, 0.15) is 0 Å². The summed E-state index contributed by atoms with van der Waals surface area (Å²) in [6, 6.07) is 0. The van der Waals surface area contributed by atoms with Crippen LogP contribution >= 0.6 is 0 Å². The number of carbonyl (C=O) groups excluding carboxylic acids is 1. The Balaban J connectivity index is 2.67. The summed E-state index contributed by atoms with van der Waals surface area (Å²) >= 11 is 0. The molecule has 1 saturated heterocycles. The van der Waals surface area contributed by atoms with E-state index in [4.69, 9.17) is 9.84 Å². The van der Waals surface area contributed by atoms with Crippen molar-refractivity contribution >= 4 is 11.9 Å². The lowest BCUT2D eigenvalue weighted by Crippen LogP contribution is -2.46. The zero-order valence-electron chi connectivity index (χ0n) is 6.79. The first-order valence-electron chi connectivity index (χ1n) is 3.69. The van der Waals surface area contributed by atoms with Gasteiger partial charge in [0.25, 0.3) is 0 Å². The summed E-state index contributed by atoms with van der Waals surface area (Å²) < 4.78 is 5.04. The van der Waals surface area contributed by atoms with Gasteiger partial charge in [-0.05, 0) is 6.92 Å². The Labute approximate surface area is 69.7 Å². The highest BCUT2D eigenvalue weighted by atomic mass is 16.5. The minimum absolute atomic E-state index is 0.0289. The van der Waals surface area contributed by atoms with E-state index in [1.165, 1.54) is 6.92 Å². The third kappa shape index (κ3) is 1.73. The van der Waals surface area contributed by atoms with E-state index in [-0.39, 0.29) is 25.5 Å². The van der Waals surface area contributed by atoms with Crippen LogP contribution in [0.4, 0.5) is 0 Å². The molecule has 1 heterocycles. The number of carbonyl (C=O) groups is 2. The average molecular weight is 173 g/mol. The molecular weight excluding hydrogens is 162 g/mol. The van der Waals surface area contributed by atoms with Crippen molar-refractivity contribution in [1.29, 1.82) is 0 Å². The van der Waals surface area contributed by atoms with Crippen molar-refractivity contribution in [3.63, 3.8) is 0 Å². The van der Waals surface area contributed by atoms with Crippen molar-refractivity contribution in [3.05, 3.63) is 0 Å². The number of nitrogens with one attached hydrogen (secondary N) is 1. The third-order valence-electron chi connectivity index (χ3n) is 1.83. The van der Waals surface area contributed by atoms with Crippen LogP contribution in [-0.2, 0) is 14.3 Å². The maximum absolute atomic E-state index is 10.8. The normalized spacial score (nSPS) is 30.6. The molecule has 1 fully saturated rings. The molecule has 0 bridgehead atoms. The molecule has 0 saturated carbocycles. The predicted octanol–water partition coefficient (Wildman–Crippen LogP) is -0.634. The fourth-order valence-corrected chi connectivity index (χ4v) is 0.913. The summed E-state index contributed by atoms with van der Waals surface area (Å²) in [6.07, 6.45) is 0.225. The molecule has 0 aliphatic carbocycles. The number of carboxylic acid groups (broad SMARTS) is 1. The zero-order chi connectivity index (χ0) is 9.19.